The van der Waals surface area contributed by atoms with E-state index < -0.39 is 6.04 Å². The Morgan fingerprint density at radius 3 is 2.62 bits per heavy atom. The van der Waals surface area contributed by atoms with Gasteiger partial charge in [-0.25, -0.2) is 4.39 Å². The van der Waals surface area contributed by atoms with Crippen molar-refractivity contribution < 1.29 is 19.1 Å². The largest absolute Gasteiger partial charge is 0.508 e. The first-order valence-electron chi connectivity index (χ1n) is 7.57. The second-order valence-electron chi connectivity index (χ2n) is 5.84. The molecule has 2 aromatic carbocycles. The van der Waals surface area contributed by atoms with Crippen LogP contribution in [0.3, 0.4) is 0 Å². The Kier molecular flexibility index (Phi) is 4.20. The van der Waals surface area contributed by atoms with E-state index in [4.69, 9.17) is 0 Å². The van der Waals surface area contributed by atoms with E-state index in [0.29, 0.717) is 5.56 Å². The molecule has 0 unspecified atom stereocenters. The third kappa shape index (κ3) is 3.08. The van der Waals surface area contributed by atoms with E-state index >= 15 is 0 Å². The molecule has 2 amide bonds. The van der Waals surface area contributed by atoms with Gasteiger partial charge in [-0.3, -0.25) is 9.59 Å². The zero-order valence-corrected chi connectivity index (χ0v) is 13.1. The van der Waals surface area contributed by atoms with Crippen molar-refractivity contribution >= 4 is 11.8 Å². The van der Waals surface area contributed by atoms with Crippen LogP contribution in [0, 0.1) is 5.82 Å². The molecule has 6 heteroatoms. The Bertz CT molecular complexity index is 776. The summed E-state index contributed by atoms with van der Waals surface area (Å²) < 4.78 is 13.1. The van der Waals surface area contributed by atoms with Crippen LogP contribution in [-0.2, 0) is 4.79 Å². The Balaban J connectivity index is 1.84. The van der Waals surface area contributed by atoms with Gasteiger partial charge in [0.05, 0.1) is 12.1 Å². The first-order chi connectivity index (χ1) is 11.5. The number of phenolic OH excluding ortho intramolecular Hbond substituents is 1. The molecule has 1 aliphatic rings. The minimum Gasteiger partial charge on any atom is -0.508 e. The summed E-state index contributed by atoms with van der Waals surface area (Å²) in [4.78, 5) is 26.0. The lowest BCUT2D eigenvalue weighted by Gasteiger charge is -2.26. The van der Waals surface area contributed by atoms with Crippen molar-refractivity contribution in [2.45, 2.75) is 18.5 Å². The molecule has 1 heterocycles. The molecule has 2 aromatic rings. The van der Waals surface area contributed by atoms with Gasteiger partial charge >= 0.3 is 0 Å². The van der Waals surface area contributed by atoms with Crippen LogP contribution >= 0.6 is 0 Å². The highest BCUT2D eigenvalue weighted by Crippen LogP contribution is 2.32. The number of nitrogens with one attached hydrogen (secondary N) is 1. The van der Waals surface area contributed by atoms with E-state index in [-0.39, 0.29) is 35.8 Å². The molecule has 2 atom stereocenters. The summed E-state index contributed by atoms with van der Waals surface area (Å²) in [5, 5.41) is 12.3. The molecule has 3 rings (SSSR count). The van der Waals surface area contributed by atoms with Gasteiger partial charge in [-0.05, 0) is 35.9 Å². The van der Waals surface area contributed by atoms with Gasteiger partial charge in [0.15, 0.2) is 0 Å². The number of benzene rings is 2. The molecule has 24 heavy (non-hydrogen) atoms. The second kappa shape index (κ2) is 6.31. The molecule has 0 spiro atoms. The maximum absolute atomic E-state index is 13.1. The van der Waals surface area contributed by atoms with Crippen LogP contribution in [-0.4, -0.2) is 34.9 Å². The molecule has 0 aromatic heterocycles. The summed E-state index contributed by atoms with van der Waals surface area (Å²) in [5.74, 6) is -0.819. The summed E-state index contributed by atoms with van der Waals surface area (Å²) in [6, 6.07) is 11.1. The average Bonchev–Trinajstić information content (AvgIpc) is 2.83. The summed E-state index contributed by atoms with van der Waals surface area (Å²) >= 11 is 0. The van der Waals surface area contributed by atoms with Gasteiger partial charge in [0.1, 0.15) is 11.6 Å². The van der Waals surface area contributed by atoms with Crippen molar-refractivity contribution in [1.82, 2.24) is 10.2 Å². The van der Waals surface area contributed by atoms with Crippen molar-refractivity contribution in [3.63, 3.8) is 0 Å². The van der Waals surface area contributed by atoms with E-state index in [1.54, 1.807) is 36.2 Å². The van der Waals surface area contributed by atoms with Crippen molar-refractivity contribution in [1.29, 1.82) is 0 Å². The highest BCUT2D eigenvalue weighted by Gasteiger charge is 2.39. The molecular weight excluding hydrogens is 311 g/mol. The molecule has 5 nitrogen and oxygen atoms in total. The number of carbonyl (C=O) groups is 2. The van der Waals surface area contributed by atoms with E-state index in [2.05, 4.69) is 5.32 Å². The van der Waals surface area contributed by atoms with Crippen LogP contribution in [0.1, 0.15) is 28.4 Å². The van der Waals surface area contributed by atoms with Crippen LogP contribution < -0.4 is 5.32 Å². The lowest BCUT2D eigenvalue weighted by atomic mass is 9.99. The van der Waals surface area contributed by atoms with Gasteiger partial charge in [-0.1, -0.05) is 18.2 Å². The highest BCUT2D eigenvalue weighted by molar-refractivity contribution is 5.95. The average molecular weight is 328 g/mol. The Morgan fingerprint density at radius 2 is 1.96 bits per heavy atom. The normalized spacial score (nSPS) is 20.2. The van der Waals surface area contributed by atoms with Crippen molar-refractivity contribution in [3.05, 3.63) is 65.5 Å². The van der Waals surface area contributed by atoms with Crippen molar-refractivity contribution in [2.75, 3.05) is 7.05 Å². The summed E-state index contributed by atoms with van der Waals surface area (Å²) in [6.07, 6.45) is 0.170. The van der Waals surface area contributed by atoms with Gasteiger partial charge in [0, 0.05) is 19.0 Å². The number of hydrogen-bond acceptors (Lipinski definition) is 3. The second-order valence-corrected chi connectivity index (χ2v) is 5.84. The van der Waals surface area contributed by atoms with Crippen LogP contribution in [0.2, 0.25) is 0 Å². The molecule has 0 radical (unpaired) electrons. The number of nitrogens with zero attached hydrogens (tertiary/aromatic N) is 1. The number of likely N-dealkylation sites (tertiary alicyclic amines) is 1. The van der Waals surface area contributed by atoms with Crippen LogP contribution in [0.25, 0.3) is 0 Å². The lowest BCUT2D eigenvalue weighted by molar-refractivity contribution is -0.127. The summed E-state index contributed by atoms with van der Waals surface area (Å²) in [5.41, 5.74) is 1.07. The predicted molar refractivity (Wildman–Crippen MR) is 85.9 cm³/mol. The van der Waals surface area contributed by atoms with Crippen LogP contribution in [0.4, 0.5) is 4.39 Å². The topological polar surface area (TPSA) is 69.6 Å². The SMILES string of the molecule is CN1C(=O)C[C@H](NC(=O)c2cccc(O)c2)[C@@H]1c1ccc(F)cc1. The monoisotopic (exact) mass is 328 g/mol. The van der Waals surface area contributed by atoms with Crippen LogP contribution in [0.15, 0.2) is 48.5 Å². The summed E-state index contributed by atoms with van der Waals surface area (Å²) in [7, 11) is 1.66. The molecule has 0 aliphatic carbocycles. The van der Waals surface area contributed by atoms with Gasteiger partial charge in [0.25, 0.3) is 5.91 Å². The zero-order valence-electron chi connectivity index (χ0n) is 13.1. The van der Waals surface area contributed by atoms with Crippen molar-refractivity contribution in [2.24, 2.45) is 0 Å². The minimum absolute atomic E-state index is 0.00245. The van der Waals surface area contributed by atoms with Gasteiger partial charge in [0.2, 0.25) is 5.91 Å². The van der Waals surface area contributed by atoms with Crippen LogP contribution in [0.5, 0.6) is 5.75 Å². The molecule has 124 valence electrons. The molecule has 0 saturated carbocycles. The number of aromatic hydroxyl groups is 1. The number of phenols is 1. The smallest absolute Gasteiger partial charge is 0.251 e. The third-order valence-electron chi connectivity index (χ3n) is 4.22. The predicted octanol–water partition coefficient (Wildman–Crippen LogP) is 2.23. The maximum Gasteiger partial charge on any atom is 0.251 e. The fourth-order valence-corrected chi connectivity index (χ4v) is 3.01. The number of halogens is 1. The van der Waals surface area contributed by atoms with E-state index in [1.807, 2.05) is 0 Å². The number of likely N-dealkylation sites (N-methyl/N-ethyl adjacent to an activating group) is 1. The Hall–Kier alpha value is -2.89. The molecular formula is C18H17FN2O3. The van der Waals surface area contributed by atoms with Gasteiger partial charge in [-0.2, -0.15) is 0 Å². The Morgan fingerprint density at radius 1 is 1.25 bits per heavy atom. The molecule has 2 N–H and O–H groups in total. The molecule has 1 saturated heterocycles. The zero-order chi connectivity index (χ0) is 17.3. The highest BCUT2D eigenvalue weighted by atomic mass is 19.1. The number of rotatable bonds is 3. The first-order valence-corrected chi connectivity index (χ1v) is 7.57. The molecule has 1 aliphatic heterocycles. The van der Waals surface area contributed by atoms with E-state index in [9.17, 15) is 19.1 Å². The lowest BCUT2D eigenvalue weighted by Crippen LogP contribution is -2.39. The fourth-order valence-electron chi connectivity index (χ4n) is 3.01. The Labute approximate surface area is 138 Å². The standard InChI is InChI=1S/C18H17FN2O3/c1-21-16(23)10-15(17(21)11-5-7-13(19)8-6-11)20-18(24)12-3-2-4-14(22)9-12/h2-9,15,17,22H,10H2,1H3,(H,20,24)/t15-,17-/m0/s1. The number of hydrogen-bond donors (Lipinski definition) is 2. The quantitative estimate of drug-likeness (QED) is 0.908. The van der Waals surface area contributed by atoms with Crippen molar-refractivity contribution in [3.8, 4) is 5.75 Å². The summed E-state index contributed by atoms with van der Waals surface area (Å²) in [6.45, 7) is 0. The number of carbonyl (C=O) groups excluding carboxylic acids is 2. The third-order valence-corrected chi connectivity index (χ3v) is 4.22. The molecule has 1 fully saturated rings. The first kappa shape index (κ1) is 16.0. The maximum atomic E-state index is 13.1. The fraction of sp³-hybridized carbons (Fsp3) is 0.222. The van der Waals surface area contributed by atoms with Gasteiger partial charge < -0.3 is 15.3 Å². The molecule has 0 bridgehead atoms. The van der Waals surface area contributed by atoms with E-state index in [1.165, 1.54) is 24.3 Å². The van der Waals surface area contributed by atoms with Gasteiger partial charge in [-0.15, -0.1) is 0 Å². The number of amides is 2. The minimum atomic E-state index is -0.428. The van der Waals surface area contributed by atoms with E-state index in [0.717, 1.165) is 5.56 Å².